The Kier molecular flexibility index (Phi) is 5.33. The number of phenolic OH excluding ortho intramolecular Hbond substituents is 1. The van der Waals surface area contributed by atoms with Crippen molar-refractivity contribution in [2.24, 2.45) is 11.8 Å². The third kappa shape index (κ3) is 3.37. The van der Waals surface area contributed by atoms with Crippen LogP contribution in [0.3, 0.4) is 0 Å². The van der Waals surface area contributed by atoms with Crippen LogP contribution in [0, 0.1) is 11.8 Å². The van der Waals surface area contributed by atoms with Crippen LogP contribution in [0.2, 0.25) is 0 Å². The SMILES string of the molecule is COc1cccc(C(=O)N2CCC(C)CCC2C(C)C)c1O. The highest BCUT2D eigenvalue weighted by molar-refractivity contribution is 5.97. The lowest BCUT2D eigenvalue weighted by molar-refractivity contribution is 0.0627. The summed E-state index contributed by atoms with van der Waals surface area (Å²) < 4.78 is 5.12. The van der Waals surface area contributed by atoms with E-state index in [-0.39, 0.29) is 17.7 Å². The zero-order valence-electron chi connectivity index (χ0n) is 14.0. The maximum Gasteiger partial charge on any atom is 0.258 e. The Morgan fingerprint density at radius 1 is 1.32 bits per heavy atom. The fraction of sp³-hybridized carbons (Fsp3) is 0.611. The Hall–Kier alpha value is -1.71. The molecule has 22 heavy (non-hydrogen) atoms. The van der Waals surface area contributed by atoms with Gasteiger partial charge in [-0.1, -0.05) is 26.8 Å². The first-order valence-electron chi connectivity index (χ1n) is 8.12. The summed E-state index contributed by atoms with van der Waals surface area (Å²) in [6, 6.07) is 5.31. The molecule has 2 unspecified atom stereocenters. The second-order valence-electron chi connectivity index (χ2n) is 6.64. The Morgan fingerprint density at radius 3 is 2.68 bits per heavy atom. The quantitative estimate of drug-likeness (QED) is 0.926. The molecule has 0 spiro atoms. The molecule has 2 rings (SSSR count). The van der Waals surface area contributed by atoms with E-state index in [9.17, 15) is 9.90 Å². The first kappa shape index (κ1) is 16.7. The number of ether oxygens (including phenoxy) is 1. The maximum absolute atomic E-state index is 13.0. The molecule has 1 aromatic carbocycles. The predicted molar refractivity (Wildman–Crippen MR) is 87.3 cm³/mol. The molecule has 0 radical (unpaired) electrons. The van der Waals surface area contributed by atoms with Crippen molar-refractivity contribution >= 4 is 5.91 Å². The summed E-state index contributed by atoms with van der Waals surface area (Å²) in [5, 5.41) is 10.3. The van der Waals surface area contributed by atoms with Gasteiger partial charge >= 0.3 is 0 Å². The molecular weight excluding hydrogens is 278 g/mol. The molecule has 2 atom stereocenters. The Labute approximate surface area is 133 Å². The van der Waals surface area contributed by atoms with E-state index in [0.29, 0.717) is 23.1 Å². The molecule has 1 aliphatic rings. The standard InChI is InChI=1S/C18H27NO3/c1-12(2)15-9-8-13(3)10-11-19(15)18(21)14-6-5-7-16(22-4)17(14)20/h5-7,12-13,15,20H,8-11H2,1-4H3. The highest BCUT2D eigenvalue weighted by Crippen LogP contribution is 2.33. The normalized spacial score (nSPS) is 22.5. The van der Waals surface area contributed by atoms with Crippen LogP contribution in [0.1, 0.15) is 50.4 Å². The van der Waals surface area contributed by atoms with Gasteiger partial charge in [-0.05, 0) is 43.2 Å². The van der Waals surface area contributed by atoms with Gasteiger partial charge in [0.1, 0.15) is 0 Å². The maximum atomic E-state index is 13.0. The van der Waals surface area contributed by atoms with Gasteiger partial charge < -0.3 is 14.7 Å². The molecule has 1 amide bonds. The van der Waals surface area contributed by atoms with Gasteiger partial charge in [0.05, 0.1) is 12.7 Å². The first-order valence-corrected chi connectivity index (χ1v) is 8.12. The number of methoxy groups -OCH3 is 1. The van der Waals surface area contributed by atoms with E-state index >= 15 is 0 Å². The summed E-state index contributed by atoms with van der Waals surface area (Å²) in [4.78, 5) is 14.9. The van der Waals surface area contributed by atoms with E-state index in [1.54, 1.807) is 18.2 Å². The molecule has 1 fully saturated rings. The van der Waals surface area contributed by atoms with Gasteiger partial charge in [-0.3, -0.25) is 4.79 Å². The summed E-state index contributed by atoms with van der Waals surface area (Å²) in [5.74, 6) is 1.23. The Morgan fingerprint density at radius 2 is 2.05 bits per heavy atom. The third-order valence-corrected chi connectivity index (χ3v) is 4.70. The topological polar surface area (TPSA) is 49.8 Å². The Balaban J connectivity index is 2.33. The summed E-state index contributed by atoms with van der Waals surface area (Å²) in [7, 11) is 1.49. The lowest BCUT2D eigenvalue weighted by Crippen LogP contribution is -2.43. The van der Waals surface area contributed by atoms with Crippen molar-refractivity contribution in [1.29, 1.82) is 0 Å². The number of para-hydroxylation sites is 1. The number of phenols is 1. The molecule has 1 saturated heterocycles. The molecule has 4 nitrogen and oxygen atoms in total. The van der Waals surface area contributed by atoms with E-state index in [0.717, 1.165) is 25.8 Å². The van der Waals surface area contributed by atoms with Crippen molar-refractivity contribution in [2.45, 2.75) is 46.1 Å². The van der Waals surface area contributed by atoms with Gasteiger partial charge in [-0.25, -0.2) is 0 Å². The largest absolute Gasteiger partial charge is 0.504 e. The van der Waals surface area contributed by atoms with E-state index in [2.05, 4.69) is 20.8 Å². The number of likely N-dealkylation sites (tertiary alicyclic amines) is 1. The summed E-state index contributed by atoms with van der Waals surface area (Å²) >= 11 is 0. The highest BCUT2D eigenvalue weighted by atomic mass is 16.5. The van der Waals surface area contributed by atoms with Crippen molar-refractivity contribution in [2.75, 3.05) is 13.7 Å². The number of rotatable bonds is 3. The van der Waals surface area contributed by atoms with Crippen LogP contribution in [-0.4, -0.2) is 35.6 Å². The third-order valence-electron chi connectivity index (χ3n) is 4.70. The van der Waals surface area contributed by atoms with Gasteiger partial charge in [-0.2, -0.15) is 0 Å². The van der Waals surface area contributed by atoms with Crippen molar-refractivity contribution in [3.63, 3.8) is 0 Å². The summed E-state index contributed by atoms with van der Waals surface area (Å²) in [5.41, 5.74) is 0.333. The average Bonchev–Trinajstić information content (AvgIpc) is 2.69. The second kappa shape index (κ2) is 7.03. The monoisotopic (exact) mass is 305 g/mol. The van der Waals surface area contributed by atoms with Crippen molar-refractivity contribution in [1.82, 2.24) is 4.90 Å². The van der Waals surface area contributed by atoms with Crippen molar-refractivity contribution in [3.8, 4) is 11.5 Å². The highest BCUT2D eigenvalue weighted by Gasteiger charge is 2.31. The number of carbonyl (C=O) groups excluding carboxylic acids is 1. The van der Waals surface area contributed by atoms with Crippen molar-refractivity contribution < 1.29 is 14.6 Å². The molecule has 1 heterocycles. The number of benzene rings is 1. The summed E-state index contributed by atoms with van der Waals surface area (Å²) in [6.07, 6.45) is 3.19. The molecule has 1 aliphatic heterocycles. The van der Waals surface area contributed by atoms with Crippen LogP contribution in [0.15, 0.2) is 18.2 Å². The van der Waals surface area contributed by atoms with Crippen molar-refractivity contribution in [3.05, 3.63) is 23.8 Å². The molecule has 1 aromatic rings. The minimum Gasteiger partial charge on any atom is -0.504 e. The van der Waals surface area contributed by atoms with Crippen LogP contribution in [0.25, 0.3) is 0 Å². The number of carbonyl (C=O) groups is 1. The van der Waals surface area contributed by atoms with Crippen LogP contribution in [-0.2, 0) is 0 Å². The molecule has 0 bridgehead atoms. The molecule has 4 heteroatoms. The van der Waals surface area contributed by atoms with Crippen LogP contribution < -0.4 is 4.74 Å². The van der Waals surface area contributed by atoms with Gasteiger partial charge in [0, 0.05) is 12.6 Å². The molecule has 0 aliphatic carbocycles. The van der Waals surface area contributed by atoms with Crippen LogP contribution in [0.4, 0.5) is 0 Å². The number of nitrogens with zero attached hydrogens (tertiary/aromatic N) is 1. The number of aromatic hydroxyl groups is 1. The molecule has 0 aromatic heterocycles. The second-order valence-corrected chi connectivity index (χ2v) is 6.64. The Bertz CT molecular complexity index is 527. The van der Waals surface area contributed by atoms with Gasteiger partial charge in [0.15, 0.2) is 11.5 Å². The van der Waals surface area contributed by atoms with Crippen LogP contribution >= 0.6 is 0 Å². The zero-order valence-corrected chi connectivity index (χ0v) is 14.0. The van der Waals surface area contributed by atoms with E-state index in [1.807, 2.05) is 4.90 Å². The minimum absolute atomic E-state index is 0.0604. The van der Waals surface area contributed by atoms with E-state index in [1.165, 1.54) is 7.11 Å². The van der Waals surface area contributed by atoms with E-state index < -0.39 is 0 Å². The van der Waals surface area contributed by atoms with Gasteiger partial charge in [0.25, 0.3) is 5.91 Å². The van der Waals surface area contributed by atoms with Crippen LogP contribution in [0.5, 0.6) is 11.5 Å². The predicted octanol–water partition coefficient (Wildman–Crippen LogP) is 3.69. The molecule has 1 N–H and O–H groups in total. The zero-order chi connectivity index (χ0) is 16.3. The number of hydrogen-bond acceptors (Lipinski definition) is 3. The first-order chi connectivity index (χ1) is 10.5. The lowest BCUT2D eigenvalue weighted by atomic mass is 9.95. The van der Waals surface area contributed by atoms with E-state index in [4.69, 9.17) is 4.74 Å². The van der Waals surface area contributed by atoms with Gasteiger partial charge in [0.2, 0.25) is 0 Å². The minimum atomic E-state index is -0.0933. The van der Waals surface area contributed by atoms with Gasteiger partial charge in [-0.15, -0.1) is 0 Å². The fourth-order valence-electron chi connectivity index (χ4n) is 3.24. The average molecular weight is 305 g/mol. The smallest absolute Gasteiger partial charge is 0.258 e. The molecule has 122 valence electrons. The molecular formula is C18H27NO3. The number of hydrogen-bond donors (Lipinski definition) is 1. The molecule has 0 saturated carbocycles. The number of amides is 1. The lowest BCUT2D eigenvalue weighted by Gasteiger charge is -2.33. The summed E-state index contributed by atoms with van der Waals surface area (Å²) in [6.45, 7) is 7.31. The fourth-order valence-corrected chi connectivity index (χ4v) is 3.24.